The van der Waals surface area contributed by atoms with Crippen LogP contribution >= 0.6 is 11.3 Å². The number of para-hydroxylation sites is 1. The van der Waals surface area contributed by atoms with Gasteiger partial charge in [0.15, 0.2) is 11.6 Å². The number of aryl methyl sites for hydroxylation is 1. The Hall–Kier alpha value is -1.99. The summed E-state index contributed by atoms with van der Waals surface area (Å²) >= 11 is 1.67. The number of hydrogen-bond donors (Lipinski definition) is 0. The first-order valence-electron chi connectivity index (χ1n) is 8.90. The van der Waals surface area contributed by atoms with Crippen LogP contribution < -0.4 is 4.74 Å². The van der Waals surface area contributed by atoms with Crippen LogP contribution in [0.1, 0.15) is 23.5 Å². The van der Waals surface area contributed by atoms with Crippen LogP contribution in [0.5, 0.6) is 5.75 Å². The maximum absolute atomic E-state index is 13.5. The summed E-state index contributed by atoms with van der Waals surface area (Å²) < 4.78 is 18.9. The second kappa shape index (κ2) is 9.09. The van der Waals surface area contributed by atoms with Crippen LogP contribution in [0.4, 0.5) is 4.39 Å². The van der Waals surface area contributed by atoms with Gasteiger partial charge in [0.1, 0.15) is 0 Å². The highest BCUT2D eigenvalue weighted by Gasteiger charge is 2.21. The van der Waals surface area contributed by atoms with Gasteiger partial charge in [0.2, 0.25) is 5.91 Å². The van der Waals surface area contributed by atoms with Gasteiger partial charge in [-0.05, 0) is 25.5 Å². The standard InChI is InChI=1S/C19H24FN3O2S/c1-15-21-16(14-26-15)13-22-8-10-23(11-9-22)19(24)7-4-12-25-18-6-3-2-5-17(18)20/h2-3,5-6,14H,4,7-13H2,1H3. The predicted molar refractivity (Wildman–Crippen MR) is 99.8 cm³/mol. The summed E-state index contributed by atoms with van der Waals surface area (Å²) in [6, 6.07) is 6.32. The van der Waals surface area contributed by atoms with Gasteiger partial charge >= 0.3 is 0 Å². The van der Waals surface area contributed by atoms with Crippen molar-refractivity contribution in [1.82, 2.24) is 14.8 Å². The van der Waals surface area contributed by atoms with E-state index in [1.54, 1.807) is 29.5 Å². The highest BCUT2D eigenvalue weighted by atomic mass is 32.1. The van der Waals surface area contributed by atoms with E-state index in [0.717, 1.165) is 43.4 Å². The maximum atomic E-state index is 13.5. The Labute approximate surface area is 157 Å². The van der Waals surface area contributed by atoms with Crippen LogP contribution in [-0.4, -0.2) is 53.5 Å². The molecule has 0 saturated carbocycles. The number of ether oxygens (including phenoxy) is 1. The third-order valence-corrected chi connectivity index (χ3v) is 5.23. The van der Waals surface area contributed by atoms with Crippen molar-refractivity contribution in [2.24, 2.45) is 0 Å². The molecule has 1 aromatic heterocycles. The monoisotopic (exact) mass is 377 g/mol. The van der Waals surface area contributed by atoms with Crippen LogP contribution in [0, 0.1) is 12.7 Å². The van der Waals surface area contributed by atoms with Gasteiger partial charge < -0.3 is 9.64 Å². The Balaban J connectivity index is 1.34. The van der Waals surface area contributed by atoms with Crippen molar-refractivity contribution in [2.45, 2.75) is 26.3 Å². The molecule has 3 rings (SSSR count). The summed E-state index contributed by atoms with van der Waals surface area (Å²) in [5, 5.41) is 3.19. The van der Waals surface area contributed by atoms with Crippen molar-refractivity contribution in [2.75, 3.05) is 32.8 Å². The van der Waals surface area contributed by atoms with Crippen molar-refractivity contribution in [1.29, 1.82) is 0 Å². The van der Waals surface area contributed by atoms with Gasteiger partial charge in [0, 0.05) is 44.5 Å². The Morgan fingerprint density at radius 2 is 2.04 bits per heavy atom. The first kappa shape index (κ1) is 18.8. The summed E-state index contributed by atoms with van der Waals surface area (Å²) in [4.78, 5) is 21.0. The molecule has 2 heterocycles. The second-order valence-electron chi connectivity index (χ2n) is 6.40. The molecule has 1 aliphatic rings. The van der Waals surface area contributed by atoms with E-state index in [9.17, 15) is 9.18 Å². The molecule has 0 radical (unpaired) electrons. The van der Waals surface area contributed by atoms with Gasteiger partial charge in [0.25, 0.3) is 0 Å². The van der Waals surface area contributed by atoms with Gasteiger partial charge in [-0.3, -0.25) is 9.69 Å². The predicted octanol–water partition coefficient (Wildman–Crippen LogP) is 3.09. The maximum Gasteiger partial charge on any atom is 0.222 e. The molecule has 0 unspecified atom stereocenters. The van der Waals surface area contributed by atoms with E-state index >= 15 is 0 Å². The first-order valence-corrected chi connectivity index (χ1v) is 9.78. The first-order chi connectivity index (χ1) is 12.6. The average molecular weight is 377 g/mol. The quantitative estimate of drug-likeness (QED) is 0.696. The van der Waals surface area contributed by atoms with E-state index in [1.165, 1.54) is 6.07 Å². The highest BCUT2D eigenvalue weighted by molar-refractivity contribution is 7.09. The molecule has 7 heteroatoms. The number of thiazole rings is 1. The van der Waals surface area contributed by atoms with Crippen LogP contribution in [0.15, 0.2) is 29.6 Å². The summed E-state index contributed by atoms with van der Waals surface area (Å²) in [7, 11) is 0. The molecule has 140 valence electrons. The highest BCUT2D eigenvalue weighted by Crippen LogP contribution is 2.16. The Morgan fingerprint density at radius 1 is 1.27 bits per heavy atom. The van der Waals surface area contributed by atoms with Crippen molar-refractivity contribution in [3.8, 4) is 5.75 Å². The minimum atomic E-state index is -0.370. The molecule has 1 aliphatic heterocycles. The molecule has 1 amide bonds. The summed E-state index contributed by atoms with van der Waals surface area (Å²) in [6.07, 6.45) is 1.02. The van der Waals surface area contributed by atoms with Crippen molar-refractivity contribution >= 4 is 17.2 Å². The normalized spacial score (nSPS) is 15.2. The third kappa shape index (κ3) is 5.25. The van der Waals surface area contributed by atoms with E-state index in [0.29, 0.717) is 19.4 Å². The van der Waals surface area contributed by atoms with E-state index in [4.69, 9.17) is 4.74 Å². The second-order valence-corrected chi connectivity index (χ2v) is 7.46. The van der Waals surface area contributed by atoms with Crippen LogP contribution in [0.25, 0.3) is 0 Å². The zero-order valence-corrected chi connectivity index (χ0v) is 15.8. The molecular weight excluding hydrogens is 353 g/mol. The van der Waals surface area contributed by atoms with Gasteiger partial charge in [-0.25, -0.2) is 9.37 Å². The van der Waals surface area contributed by atoms with Gasteiger partial charge in [-0.1, -0.05) is 12.1 Å². The number of aromatic nitrogens is 1. The van der Waals surface area contributed by atoms with E-state index in [2.05, 4.69) is 15.3 Å². The average Bonchev–Trinajstić information content (AvgIpc) is 3.05. The minimum absolute atomic E-state index is 0.145. The fraction of sp³-hybridized carbons (Fsp3) is 0.474. The number of carbonyl (C=O) groups excluding carboxylic acids is 1. The fourth-order valence-corrected chi connectivity index (χ4v) is 3.59. The number of nitrogens with zero attached hydrogens (tertiary/aromatic N) is 3. The lowest BCUT2D eigenvalue weighted by atomic mass is 10.2. The number of piperazine rings is 1. The van der Waals surface area contributed by atoms with Crippen LogP contribution in [0.2, 0.25) is 0 Å². The third-order valence-electron chi connectivity index (χ3n) is 4.41. The Kier molecular flexibility index (Phi) is 6.57. The number of amides is 1. The Bertz CT molecular complexity index is 729. The minimum Gasteiger partial charge on any atom is -0.491 e. The molecule has 0 atom stereocenters. The fourth-order valence-electron chi connectivity index (χ4n) is 2.99. The van der Waals surface area contributed by atoms with E-state index < -0.39 is 0 Å². The number of carbonyl (C=O) groups is 1. The number of rotatable bonds is 7. The summed E-state index contributed by atoms with van der Waals surface area (Å²) in [5.74, 6) is 0.0161. The number of benzene rings is 1. The SMILES string of the molecule is Cc1nc(CN2CCN(C(=O)CCCOc3ccccc3F)CC2)cs1. The van der Waals surface area contributed by atoms with Crippen molar-refractivity contribution in [3.63, 3.8) is 0 Å². The summed E-state index contributed by atoms with van der Waals surface area (Å²) in [6.45, 7) is 6.44. The van der Waals surface area contributed by atoms with Crippen LogP contribution in [-0.2, 0) is 11.3 Å². The largest absolute Gasteiger partial charge is 0.491 e. The Morgan fingerprint density at radius 3 is 2.73 bits per heavy atom. The molecule has 0 N–H and O–H groups in total. The number of halogens is 1. The molecule has 0 spiro atoms. The summed E-state index contributed by atoms with van der Waals surface area (Å²) in [5.41, 5.74) is 1.11. The van der Waals surface area contributed by atoms with Crippen molar-refractivity contribution in [3.05, 3.63) is 46.2 Å². The molecule has 1 saturated heterocycles. The zero-order chi connectivity index (χ0) is 18.4. The van der Waals surface area contributed by atoms with E-state index in [-0.39, 0.29) is 17.5 Å². The molecule has 2 aromatic rings. The molecule has 0 bridgehead atoms. The van der Waals surface area contributed by atoms with Gasteiger partial charge in [-0.2, -0.15) is 0 Å². The molecule has 1 fully saturated rings. The van der Waals surface area contributed by atoms with E-state index in [1.807, 2.05) is 11.8 Å². The van der Waals surface area contributed by atoms with Gasteiger partial charge in [0.05, 0.1) is 17.3 Å². The van der Waals surface area contributed by atoms with Gasteiger partial charge in [-0.15, -0.1) is 11.3 Å². The molecule has 0 aliphatic carbocycles. The van der Waals surface area contributed by atoms with Crippen molar-refractivity contribution < 1.29 is 13.9 Å². The smallest absolute Gasteiger partial charge is 0.222 e. The lowest BCUT2D eigenvalue weighted by Gasteiger charge is -2.34. The van der Waals surface area contributed by atoms with Crippen LogP contribution in [0.3, 0.4) is 0 Å². The molecule has 1 aromatic carbocycles. The lowest BCUT2D eigenvalue weighted by molar-refractivity contribution is -0.133. The lowest BCUT2D eigenvalue weighted by Crippen LogP contribution is -2.48. The molecule has 26 heavy (non-hydrogen) atoms. The zero-order valence-electron chi connectivity index (χ0n) is 15.0. The molecule has 5 nitrogen and oxygen atoms in total. The topological polar surface area (TPSA) is 45.7 Å². The molecular formula is C19H24FN3O2S. The number of hydrogen-bond acceptors (Lipinski definition) is 5.